The number of carbonyl (C=O) groups is 2. The lowest BCUT2D eigenvalue weighted by Gasteiger charge is -2.19. The lowest BCUT2D eigenvalue weighted by molar-refractivity contribution is -0.881. The van der Waals surface area contributed by atoms with Gasteiger partial charge >= 0.3 is 0 Å². The number of para-hydroxylation sites is 2. The molecule has 2 atom stereocenters. The van der Waals surface area contributed by atoms with Crippen molar-refractivity contribution in [2.75, 3.05) is 32.1 Å². The Balaban J connectivity index is 1.87. The fourth-order valence-electron chi connectivity index (χ4n) is 2.84. The summed E-state index contributed by atoms with van der Waals surface area (Å²) in [5.41, 5.74) is 1.59. The molecule has 0 aromatic heterocycles. The average molecular weight is 405 g/mol. The molecule has 0 bridgehead atoms. The second-order valence-electron chi connectivity index (χ2n) is 6.55. The molecule has 0 saturated heterocycles. The van der Waals surface area contributed by atoms with Gasteiger partial charge in [-0.05, 0) is 43.7 Å². The topological polar surface area (TPSA) is 71.9 Å². The zero-order valence-electron chi connectivity index (χ0n) is 16.4. The second kappa shape index (κ2) is 10.7. The number of benzene rings is 2. The van der Waals surface area contributed by atoms with E-state index in [9.17, 15) is 9.59 Å². The molecule has 0 radical (unpaired) electrons. The van der Waals surface area contributed by atoms with Crippen molar-refractivity contribution in [3.8, 4) is 5.75 Å². The molecule has 150 valence electrons. The van der Waals surface area contributed by atoms with Gasteiger partial charge in [0.1, 0.15) is 5.75 Å². The first-order valence-electron chi connectivity index (χ1n) is 9.24. The average Bonchev–Trinajstić information content (AvgIpc) is 2.68. The van der Waals surface area contributed by atoms with Crippen molar-refractivity contribution in [1.29, 1.82) is 0 Å². The SMILES string of the molecule is CC[NH+](CC(=O)Nc1ccccc1OC)CC(=O)N[C@@H](C)c1ccc(Cl)cc1. The largest absolute Gasteiger partial charge is 0.495 e. The zero-order chi connectivity index (χ0) is 20.5. The van der Waals surface area contributed by atoms with Gasteiger partial charge in [-0.3, -0.25) is 9.59 Å². The number of likely N-dealkylation sites (N-methyl/N-ethyl adjacent to an activating group) is 1. The number of hydrogen-bond donors (Lipinski definition) is 3. The van der Waals surface area contributed by atoms with Crippen LogP contribution in [0.2, 0.25) is 5.02 Å². The highest BCUT2D eigenvalue weighted by Gasteiger charge is 2.19. The van der Waals surface area contributed by atoms with Gasteiger partial charge in [-0.15, -0.1) is 0 Å². The summed E-state index contributed by atoms with van der Waals surface area (Å²) >= 11 is 5.90. The summed E-state index contributed by atoms with van der Waals surface area (Å²) in [7, 11) is 1.56. The molecule has 0 fully saturated rings. The van der Waals surface area contributed by atoms with Crippen molar-refractivity contribution >= 4 is 29.1 Å². The maximum Gasteiger partial charge on any atom is 0.279 e. The number of anilines is 1. The number of amides is 2. The lowest BCUT2D eigenvalue weighted by Crippen LogP contribution is -3.14. The van der Waals surface area contributed by atoms with Gasteiger partial charge in [0.05, 0.1) is 25.4 Å². The number of quaternary nitrogens is 1. The number of rotatable bonds is 9. The quantitative estimate of drug-likeness (QED) is 0.599. The Bertz CT molecular complexity index is 796. The van der Waals surface area contributed by atoms with E-state index in [1.807, 2.05) is 38.1 Å². The molecule has 2 aromatic rings. The van der Waals surface area contributed by atoms with Crippen LogP contribution in [0, 0.1) is 0 Å². The molecule has 1 unspecified atom stereocenters. The first-order valence-corrected chi connectivity index (χ1v) is 9.62. The molecule has 2 rings (SSSR count). The Kier molecular flexibility index (Phi) is 8.29. The van der Waals surface area contributed by atoms with Gasteiger partial charge in [0.25, 0.3) is 11.8 Å². The first-order chi connectivity index (χ1) is 13.4. The van der Waals surface area contributed by atoms with Crippen molar-refractivity contribution in [2.45, 2.75) is 19.9 Å². The van der Waals surface area contributed by atoms with E-state index in [4.69, 9.17) is 16.3 Å². The van der Waals surface area contributed by atoms with Gasteiger partial charge in [0, 0.05) is 5.02 Å². The standard InChI is InChI=1S/C21H26ClN3O3/c1-4-25(14-21(27)24-18-7-5-6-8-19(18)28-3)13-20(26)23-15(2)16-9-11-17(22)12-10-16/h5-12,15H,4,13-14H2,1-3H3,(H,23,26)(H,24,27)/p+1/t15-/m0/s1. The van der Waals surface area contributed by atoms with Gasteiger partial charge in [0.15, 0.2) is 13.1 Å². The van der Waals surface area contributed by atoms with Crippen LogP contribution < -0.4 is 20.3 Å². The zero-order valence-corrected chi connectivity index (χ0v) is 17.2. The van der Waals surface area contributed by atoms with Crippen molar-refractivity contribution in [1.82, 2.24) is 5.32 Å². The predicted octanol–water partition coefficient (Wildman–Crippen LogP) is 2.07. The Morgan fingerprint density at radius 3 is 2.36 bits per heavy atom. The summed E-state index contributed by atoms with van der Waals surface area (Å²) < 4.78 is 5.24. The van der Waals surface area contributed by atoms with E-state index in [0.29, 0.717) is 23.0 Å². The van der Waals surface area contributed by atoms with Crippen LogP contribution in [0.25, 0.3) is 0 Å². The molecule has 0 heterocycles. The molecule has 0 aliphatic heterocycles. The van der Waals surface area contributed by atoms with Gasteiger partial charge in [-0.1, -0.05) is 35.9 Å². The molecule has 6 nitrogen and oxygen atoms in total. The summed E-state index contributed by atoms with van der Waals surface area (Å²) in [6.07, 6.45) is 0. The van der Waals surface area contributed by atoms with Crippen molar-refractivity contribution in [3.05, 3.63) is 59.1 Å². The molecule has 28 heavy (non-hydrogen) atoms. The summed E-state index contributed by atoms with van der Waals surface area (Å²) in [6.45, 7) is 4.93. The highest BCUT2D eigenvalue weighted by molar-refractivity contribution is 6.30. The van der Waals surface area contributed by atoms with E-state index < -0.39 is 0 Å². The highest BCUT2D eigenvalue weighted by atomic mass is 35.5. The molecule has 3 N–H and O–H groups in total. The summed E-state index contributed by atoms with van der Waals surface area (Å²) in [6, 6.07) is 14.5. The predicted molar refractivity (Wildman–Crippen MR) is 111 cm³/mol. The van der Waals surface area contributed by atoms with E-state index in [1.165, 1.54) is 0 Å². The Labute approximate surface area is 170 Å². The maximum atomic E-state index is 12.4. The normalized spacial score (nSPS) is 12.7. The van der Waals surface area contributed by atoms with Gasteiger partial charge in [0.2, 0.25) is 0 Å². The van der Waals surface area contributed by atoms with Gasteiger partial charge in [-0.2, -0.15) is 0 Å². The number of carbonyl (C=O) groups excluding carboxylic acids is 2. The smallest absolute Gasteiger partial charge is 0.279 e. The number of halogens is 1. The van der Waals surface area contributed by atoms with Crippen LogP contribution in [0.5, 0.6) is 5.75 Å². The van der Waals surface area contributed by atoms with Gasteiger partial charge in [-0.25, -0.2) is 0 Å². The molecular weight excluding hydrogens is 378 g/mol. The van der Waals surface area contributed by atoms with Crippen LogP contribution >= 0.6 is 11.6 Å². The van der Waals surface area contributed by atoms with Crippen LogP contribution in [0.4, 0.5) is 5.69 Å². The van der Waals surface area contributed by atoms with E-state index in [0.717, 1.165) is 10.5 Å². The summed E-state index contributed by atoms with van der Waals surface area (Å²) in [5, 5.41) is 6.47. The summed E-state index contributed by atoms with van der Waals surface area (Å²) in [4.78, 5) is 25.6. The Morgan fingerprint density at radius 1 is 1.07 bits per heavy atom. The van der Waals surface area contributed by atoms with E-state index in [2.05, 4.69) is 10.6 Å². The highest BCUT2D eigenvalue weighted by Crippen LogP contribution is 2.22. The third-order valence-electron chi connectivity index (χ3n) is 4.45. The second-order valence-corrected chi connectivity index (χ2v) is 6.98. The molecular formula is C21H27ClN3O3+. The molecule has 0 aliphatic carbocycles. The molecule has 0 saturated carbocycles. The number of ether oxygens (including phenoxy) is 1. The van der Waals surface area contributed by atoms with Crippen LogP contribution in [0.1, 0.15) is 25.5 Å². The first kappa shape index (κ1) is 21.7. The number of methoxy groups -OCH3 is 1. The number of hydrogen-bond acceptors (Lipinski definition) is 3. The van der Waals surface area contributed by atoms with E-state index in [-0.39, 0.29) is 30.9 Å². The van der Waals surface area contributed by atoms with Crippen molar-refractivity contribution in [2.24, 2.45) is 0 Å². The minimum absolute atomic E-state index is 0.107. The number of nitrogens with one attached hydrogen (secondary N) is 3. The fourth-order valence-corrected chi connectivity index (χ4v) is 2.96. The van der Waals surface area contributed by atoms with Crippen LogP contribution in [0.15, 0.2) is 48.5 Å². The molecule has 0 spiro atoms. The Hall–Kier alpha value is -2.57. The third-order valence-corrected chi connectivity index (χ3v) is 4.70. The van der Waals surface area contributed by atoms with Crippen LogP contribution in [0.3, 0.4) is 0 Å². The molecule has 0 aliphatic rings. The third kappa shape index (κ3) is 6.55. The minimum atomic E-state index is -0.167. The Morgan fingerprint density at radius 2 is 1.71 bits per heavy atom. The van der Waals surface area contributed by atoms with Crippen molar-refractivity contribution in [3.63, 3.8) is 0 Å². The summed E-state index contributed by atoms with van der Waals surface area (Å²) in [5.74, 6) is 0.327. The van der Waals surface area contributed by atoms with Crippen LogP contribution in [-0.4, -0.2) is 38.6 Å². The monoisotopic (exact) mass is 404 g/mol. The van der Waals surface area contributed by atoms with Crippen molar-refractivity contribution < 1.29 is 19.2 Å². The fraction of sp³-hybridized carbons (Fsp3) is 0.333. The van der Waals surface area contributed by atoms with Gasteiger partial charge < -0.3 is 20.3 Å². The molecule has 7 heteroatoms. The molecule has 2 amide bonds. The van der Waals surface area contributed by atoms with E-state index in [1.54, 1.807) is 31.4 Å². The minimum Gasteiger partial charge on any atom is -0.495 e. The van der Waals surface area contributed by atoms with Crippen LogP contribution in [-0.2, 0) is 9.59 Å². The van der Waals surface area contributed by atoms with E-state index >= 15 is 0 Å². The maximum absolute atomic E-state index is 12.4. The molecule has 2 aromatic carbocycles. The lowest BCUT2D eigenvalue weighted by atomic mass is 10.1.